The zero-order chi connectivity index (χ0) is 21.6. The number of guanidine groups is 1. The lowest BCUT2D eigenvalue weighted by molar-refractivity contribution is 0.169. The van der Waals surface area contributed by atoms with Crippen LogP contribution in [0.2, 0.25) is 5.02 Å². The molecule has 10 heteroatoms. The van der Waals surface area contributed by atoms with Gasteiger partial charge in [0.15, 0.2) is 5.96 Å². The molecule has 1 saturated heterocycles. The van der Waals surface area contributed by atoms with Crippen LogP contribution in [0.25, 0.3) is 11.4 Å². The van der Waals surface area contributed by atoms with Crippen molar-refractivity contribution in [1.82, 2.24) is 30.4 Å². The first-order chi connectivity index (χ1) is 15.1. The maximum Gasteiger partial charge on any atom is 0.248 e. The number of aliphatic imine (C=N–C) groups is 1. The van der Waals surface area contributed by atoms with Crippen LogP contribution in [0.1, 0.15) is 24.3 Å². The number of aromatic nitrogens is 3. The van der Waals surface area contributed by atoms with Crippen molar-refractivity contribution in [3.63, 3.8) is 0 Å². The number of halogens is 1. The number of benzene rings is 1. The molecule has 2 aromatic heterocycles. The Labute approximate surface area is 186 Å². The van der Waals surface area contributed by atoms with Gasteiger partial charge in [-0.05, 0) is 38.1 Å². The largest absolute Gasteiger partial charge is 0.361 e. The van der Waals surface area contributed by atoms with Gasteiger partial charge in [-0.25, -0.2) is 4.99 Å². The summed E-state index contributed by atoms with van der Waals surface area (Å²) in [5.74, 6) is 2.70. The lowest BCUT2D eigenvalue weighted by Crippen LogP contribution is -2.52. The van der Waals surface area contributed by atoms with Gasteiger partial charge in [-0.15, -0.1) is 0 Å². The van der Waals surface area contributed by atoms with Gasteiger partial charge in [-0.1, -0.05) is 21.9 Å². The van der Waals surface area contributed by atoms with Crippen molar-refractivity contribution < 1.29 is 9.05 Å². The van der Waals surface area contributed by atoms with Crippen LogP contribution in [0, 0.1) is 6.92 Å². The smallest absolute Gasteiger partial charge is 0.248 e. The van der Waals surface area contributed by atoms with Gasteiger partial charge >= 0.3 is 0 Å². The number of rotatable bonds is 6. The van der Waals surface area contributed by atoms with Crippen LogP contribution in [0.15, 0.2) is 44.4 Å². The van der Waals surface area contributed by atoms with Crippen molar-refractivity contribution >= 4 is 17.6 Å². The van der Waals surface area contributed by atoms with Gasteiger partial charge in [0, 0.05) is 55.9 Å². The van der Waals surface area contributed by atoms with E-state index >= 15 is 0 Å². The van der Waals surface area contributed by atoms with Crippen LogP contribution in [0.3, 0.4) is 0 Å². The fourth-order valence-corrected chi connectivity index (χ4v) is 3.57. The number of nitrogens with zero attached hydrogens (tertiary/aromatic N) is 6. The topological polar surface area (TPSA) is 95.8 Å². The first-order valence-corrected chi connectivity index (χ1v) is 10.7. The Bertz CT molecular complexity index is 1010. The number of nitrogens with one attached hydrogen (secondary N) is 1. The zero-order valence-corrected chi connectivity index (χ0v) is 18.5. The Morgan fingerprint density at radius 2 is 1.90 bits per heavy atom. The van der Waals surface area contributed by atoms with Crippen molar-refractivity contribution in [2.75, 3.05) is 32.7 Å². The minimum atomic E-state index is 0.321. The normalized spacial score (nSPS) is 15.5. The molecule has 0 amide bonds. The third-order valence-electron chi connectivity index (χ3n) is 5.00. The molecule has 0 atom stereocenters. The van der Waals surface area contributed by atoms with Gasteiger partial charge in [0.05, 0.1) is 5.69 Å². The van der Waals surface area contributed by atoms with E-state index in [9.17, 15) is 0 Å². The number of aryl methyl sites for hydroxylation is 1. The molecule has 9 nitrogen and oxygen atoms in total. The van der Waals surface area contributed by atoms with E-state index in [1.54, 1.807) is 12.1 Å². The highest BCUT2D eigenvalue weighted by atomic mass is 35.5. The molecule has 1 N–H and O–H groups in total. The van der Waals surface area contributed by atoms with E-state index in [2.05, 4.69) is 37.3 Å². The van der Waals surface area contributed by atoms with Crippen LogP contribution in [-0.4, -0.2) is 63.8 Å². The Morgan fingerprint density at radius 3 is 2.58 bits per heavy atom. The van der Waals surface area contributed by atoms with Gasteiger partial charge in [-0.3, -0.25) is 4.90 Å². The minimum absolute atomic E-state index is 0.321. The molecular weight excluding hydrogens is 418 g/mol. The molecule has 1 aliphatic rings. The van der Waals surface area contributed by atoms with Crippen LogP contribution in [0.5, 0.6) is 0 Å². The molecule has 0 unspecified atom stereocenters. The highest BCUT2D eigenvalue weighted by molar-refractivity contribution is 6.30. The van der Waals surface area contributed by atoms with Crippen LogP contribution < -0.4 is 5.32 Å². The molecule has 0 bridgehead atoms. The number of hydrogen-bond acceptors (Lipinski definition) is 7. The molecule has 4 rings (SSSR count). The SMILES string of the molecule is CCNC(=NCc1nc(-c2ccc(Cl)cc2)no1)N1CCN(Cc2cc(C)on2)CC1. The van der Waals surface area contributed by atoms with E-state index in [0.29, 0.717) is 23.3 Å². The fourth-order valence-electron chi connectivity index (χ4n) is 3.44. The Balaban J connectivity index is 1.35. The third-order valence-corrected chi connectivity index (χ3v) is 5.26. The molecule has 0 radical (unpaired) electrons. The molecule has 164 valence electrons. The summed E-state index contributed by atoms with van der Waals surface area (Å²) in [6.45, 7) is 9.49. The van der Waals surface area contributed by atoms with E-state index in [1.165, 1.54) is 0 Å². The van der Waals surface area contributed by atoms with E-state index in [0.717, 1.165) is 62.2 Å². The predicted octanol–water partition coefficient (Wildman–Crippen LogP) is 2.97. The summed E-state index contributed by atoms with van der Waals surface area (Å²) >= 11 is 5.94. The first kappa shape index (κ1) is 21.3. The van der Waals surface area contributed by atoms with Crippen LogP contribution >= 0.6 is 11.6 Å². The number of piperazine rings is 1. The molecule has 1 aliphatic heterocycles. The van der Waals surface area contributed by atoms with Crippen molar-refractivity contribution in [3.05, 3.63) is 52.7 Å². The van der Waals surface area contributed by atoms with Gasteiger partial charge in [0.25, 0.3) is 0 Å². The van der Waals surface area contributed by atoms with E-state index in [-0.39, 0.29) is 0 Å². The fraction of sp³-hybridized carbons (Fsp3) is 0.429. The Kier molecular flexibility index (Phi) is 6.83. The second kappa shape index (κ2) is 9.93. The van der Waals surface area contributed by atoms with Gasteiger partial charge in [0.2, 0.25) is 11.7 Å². The maximum atomic E-state index is 5.94. The summed E-state index contributed by atoms with van der Waals surface area (Å²) in [5.41, 5.74) is 1.83. The quantitative estimate of drug-likeness (QED) is 0.459. The maximum absolute atomic E-state index is 5.94. The molecule has 3 heterocycles. The summed E-state index contributed by atoms with van der Waals surface area (Å²) in [7, 11) is 0. The minimum Gasteiger partial charge on any atom is -0.361 e. The first-order valence-electron chi connectivity index (χ1n) is 10.4. The van der Waals surface area contributed by atoms with Crippen LogP contribution in [0.4, 0.5) is 0 Å². The summed E-state index contributed by atoms with van der Waals surface area (Å²) in [6.07, 6.45) is 0. The summed E-state index contributed by atoms with van der Waals surface area (Å²) < 4.78 is 10.5. The average molecular weight is 444 g/mol. The van der Waals surface area contributed by atoms with E-state index in [4.69, 9.17) is 25.6 Å². The predicted molar refractivity (Wildman–Crippen MR) is 118 cm³/mol. The summed E-state index contributed by atoms with van der Waals surface area (Å²) in [6, 6.07) is 9.32. The van der Waals surface area contributed by atoms with E-state index in [1.807, 2.05) is 25.1 Å². The second-order valence-electron chi connectivity index (χ2n) is 7.38. The monoisotopic (exact) mass is 443 g/mol. The second-order valence-corrected chi connectivity index (χ2v) is 7.82. The Morgan fingerprint density at radius 1 is 1.13 bits per heavy atom. The van der Waals surface area contributed by atoms with E-state index < -0.39 is 0 Å². The lowest BCUT2D eigenvalue weighted by Gasteiger charge is -2.36. The van der Waals surface area contributed by atoms with Crippen LogP contribution in [-0.2, 0) is 13.1 Å². The molecule has 0 saturated carbocycles. The number of hydrogen-bond donors (Lipinski definition) is 1. The molecule has 0 aliphatic carbocycles. The third kappa shape index (κ3) is 5.62. The average Bonchev–Trinajstić information content (AvgIpc) is 3.41. The zero-order valence-electron chi connectivity index (χ0n) is 17.7. The lowest BCUT2D eigenvalue weighted by atomic mass is 10.2. The van der Waals surface area contributed by atoms with Crippen molar-refractivity contribution in [1.29, 1.82) is 0 Å². The van der Waals surface area contributed by atoms with Gasteiger partial charge in [0.1, 0.15) is 12.3 Å². The summed E-state index contributed by atoms with van der Waals surface area (Å²) in [5, 5.41) is 12.2. The highest BCUT2D eigenvalue weighted by Gasteiger charge is 2.21. The summed E-state index contributed by atoms with van der Waals surface area (Å²) in [4.78, 5) is 13.8. The Hall–Kier alpha value is -2.91. The molecule has 1 fully saturated rings. The molecule has 1 aromatic carbocycles. The molecule has 3 aromatic rings. The highest BCUT2D eigenvalue weighted by Crippen LogP contribution is 2.19. The van der Waals surface area contributed by atoms with Crippen molar-refractivity contribution in [2.24, 2.45) is 4.99 Å². The van der Waals surface area contributed by atoms with Crippen molar-refractivity contribution in [2.45, 2.75) is 26.9 Å². The standard InChI is InChI=1S/C21H26ClN7O2/c1-3-23-21(29-10-8-28(9-11-29)14-18-12-15(2)30-26-18)24-13-19-25-20(27-31-19)16-4-6-17(22)7-5-16/h4-7,12H,3,8-11,13-14H2,1-2H3,(H,23,24). The molecule has 0 spiro atoms. The van der Waals surface area contributed by atoms with Crippen molar-refractivity contribution in [3.8, 4) is 11.4 Å². The molecular formula is C21H26ClN7O2. The van der Waals surface area contributed by atoms with Gasteiger partial charge in [-0.2, -0.15) is 4.98 Å². The molecule has 31 heavy (non-hydrogen) atoms. The van der Waals surface area contributed by atoms with Gasteiger partial charge < -0.3 is 19.3 Å².